The van der Waals surface area contributed by atoms with Gasteiger partial charge in [0.2, 0.25) is 0 Å². The molecule has 0 radical (unpaired) electrons. The second kappa shape index (κ2) is 7.47. The molecule has 2 N–H and O–H groups in total. The number of hydrogen-bond acceptors (Lipinski definition) is 4. The van der Waals surface area contributed by atoms with Gasteiger partial charge in [-0.2, -0.15) is 0 Å². The lowest BCUT2D eigenvalue weighted by Gasteiger charge is -2.21. The molecule has 0 aliphatic carbocycles. The molecule has 1 aliphatic rings. The summed E-state index contributed by atoms with van der Waals surface area (Å²) in [7, 11) is 0. The molecule has 5 nitrogen and oxygen atoms in total. The Morgan fingerprint density at radius 3 is 3.05 bits per heavy atom. The Kier molecular flexibility index (Phi) is 5.64. The van der Waals surface area contributed by atoms with E-state index >= 15 is 0 Å². The first kappa shape index (κ1) is 15.1. The number of benzene rings is 1. The van der Waals surface area contributed by atoms with Gasteiger partial charge in [-0.15, -0.1) is 0 Å². The number of ether oxygens (including phenoxy) is 1. The number of hydrogen-bond donors (Lipinski definition) is 2. The van der Waals surface area contributed by atoms with Crippen molar-refractivity contribution < 1.29 is 14.6 Å². The van der Waals surface area contributed by atoms with Crippen LogP contribution in [0.4, 0.5) is 0 Å². The molecule has 110 valence electrons. The summed E-state index contributed by atoms with van der Waals surface area (Å²) >= 11 is 6.03. The first-order valence-electron chi connectivity index (χ1n) is 6.71. The van der Waals surface area contributed by atoms with Crippen LogP contribution in [0.3, 0.4) is 0 Å². The van der Waals surface area contributed by atoms with Gasteiger partial charge in [-0.25, -0.2) is 4.79 Å². The van der Waals surface area contributed by atoms with Gasteiger partial charge in [0.25, 0.3) is 0 Å². The molecule has 1 saturated heterocycles. The first-order valence-corrected chi connectivity index (χ1v) is 7.09. The van der Waals surface area contributed by atoms with E-state index in [1.807, 2.05) is 6.07 Å². The summed E-state index contributed by atoms with van der Waals surface area (Å²) in [6, 6.07) is 5.29. The fourth-order valence-corrected chi connectivity index (χ4v) is 2.45. The Hall–Kier alpha value is -1.30. The third kappa shape index (κ3) is 4.67. The summed E-state index contributed by atoms with van der Waals surface area (Å²) in [4.78, 5) is 12.9. The van der Waals surface area contributed by atoms with Crippen molar-refractivity contribution in [3.05, 3.63) is 28.8 Å². The Morgan fingerprint density at radius 2 is 2.25 bits per heavy atom. The summed E-state index contributed by atoms with van der Waals surface area (Å²) < 4.78 is 5.33. The number of rotatable bonds is 5. The zero-order valence-corrected chi connectivity index (χ0v) is 12.0. The van der Waals surface area contributed by atoms with Gasteiger partial charge in [0.15, 0.2) is 6.61 Å². The van der Waals surface area contributed by atoms with E-state index in [4.69, 9.17) is 21.4 Å². The van der Waals surface area contributed by atoms with Crippen molar-refractivity contribution in [1.82, 2.24) is 10.2 Å². The van der Waals surface area contributed by atoms with Gasteiger partial charge in [-0.1, -0.05) is 11.6 Å². The van der Waals surface area contributed by atoms with Crippen LogP contribution in [0.5, 0.6) is 5.75 Å². The maximum Gasteiger partial charge on any atom is 0.341 e. The number of carboxylic acids is 1. The predicted octanol–water partition coefficient (Wildman–Crippen LogP) is 1.60. The molecule has 0 amide bonds. The molecule has 0 aromatic heterocycles. The maximum absolute atomic E-state index is 10.6. The fourth-order valence-electron chi connectivity index (χ4n) is 2.25. The molecule has 1 aromatic rings. The molecular weight excluding hydrogens is 280 g/mol. The summed E-state index contributed by atoms with van der Waals surface area (Å²) in [6.45, 7) is 4.36. The zero-order valence-electron chi connectivity index (χ0n) is 11.3. The van der Waals surface area contributed by atoms with Crippen LogP contribution in [0.25, 0.3) is 0 Å². The molecule has 1 aromatic carbocycles. The van der Waals surface area contributed by atoms with Crippen LogP contribution in [0.2, 0.25) is 5.02 Å². The van der Waals surface area contributed by atoms with E-state index in [2.05, 4.69) is 10.2 Å². The summed E-state index contributed by atoms with van der Waals surface area (Å²) in [5.41, 5.74) is 0.931. The SMILES string of the molecule is O=C(O)COc1ccc(Cl)cc1CN1CCCNCC1. The Bertz CT molecular complexity index is 460. The maximum atomic E-state index is 10.6. The molecule has 0 atom stereocenters. The van der Waals surface area contributed by atoms with E-state index in [-0.39, 0.29) is 6.61 Å². The number of halogens is 1. The number of carboxylic acid groups (broad SMARTS) is 1. The monoisotopic (exact) mass is 298 g/mol. The second-order valence-electron chi connectivity index (χ2n) is 4.81. The Balaban J connectivity index is 2.07. The molecular formula is C14H19ClN2O3. The van der Waals surface area contributed by atoms with E-state index in [1.165, 1.54) is 0 Å². The van der Waals surface area contributed by atoms with E-state index in [9.17, 15) is 4.79 Å². The largest absolute Gasteiger partial charge is 0.482 e. The van der Waals surface area contributed by atoms with Gasteiger partial charge in [0.1, 0.15) is 5.75 Å². The van der Waals surface area contributed by atoms with Crippen LogP contribution in [0.15, 0.2) is 18.2 Å². The summed E-state index contributed by atoms with van der Waals surface area (Å²) in [6.07, 6.45) is 1.10. The van der Waals surface area contributed by atoms with Crippen molar-refractivity contribution in [2.45, 2.75) is 13.0 Å². The van der Waals surface area contributed by atoms with Crippen LogP contribution in [-0.2, 0) is 11.3 Å². The van der Waals surface area contributed by atoms with E-state index in [1.54, 1.807) is 12.1 Å². The second-order valence-corrected chi connectivity index (χ2v) is 5.25. The predicted molar refractivity (Wildman–Crippen MR) is 77.3 cm³/mol. The van der Waals surface area contributed by atoms with Crippen LogP contribution in [0.1, 0.15) is 12.0 Å². The number of aliphatic carboxylic acids is 1. The average molecular weight is 299 g/mol. The van der Waals surface area contributed by atoms with Crippen LogP contribution < -0.4 is 10.1 Å². The summed E-state index contributed by atoms with van der Waals surface area (Å²) in [5, 5.41) is 12.7. The topological polar surface area (TPSA) is 61.8 Å². The lowest BCUT2D eigenvalue weighted by atomic mass is 10.2. The Morgan fingerprint density at radius 1 is 1.40 bits per heavy atom. The third-order valence-corrected chi connectivity index (χ3v) is 3.44. The minimum atomic E-state index is -0.982. The van der Waals surface area contributed by atoms with Crippen LogP contribution in [0, 0.1) is 0 Å². The smallest absolute Gasteiger partial charge is 0.341 e. The van der Waals surface area contributed by atoms with Gasteiger partial charge in [0.05, 0.1) is 0 Å². The lowest BCUT2D eigenvalue weighted by Crippen LogP contribution is -2.28. The summed E-state index contributed by atoms with van der Waals surface area (Å²) in [5.74, 6) is -0.390. The van der Waals surface area contributed by atoms with Crippen molar-refractivity contribution in [2.75, 3.05) is 32.8 Å². The molecule has 0 spiro atoms. The normalized spacial score (nSPS) is 16.6. The van der Waals surface area contributed by atoms with Crippen LogP contribution in [-0.4, -0.2) is 48.8 Å². The first-order chi connectivity index (χ1) is 9.65. The number of nitrogens with zero attached hydrogens (tertiary/aromatic N) is 1. The highest BCUT2D eigenvalue weighted by atomic mass is 35.5. The minimum Gasteiger partial charge on any atom is -0.482 e. The Labute approximate surface area is 123 Å². The van der Waals surface area contributed by atoms with Crippen molar-refractivity contribution in [2.24, 2.45) is 0 Å². The molecule has 20 heavy (non-hydrogen) atoms. The molecule has 1 fully saturated rings. The van der Waals surface area contributed by atoms with Crippen molar-refractivity contribution in [3.63, 3.8) is 0 Å². The minimum absolute atomic E-state index is 0.337. The van der Waals surface area contributed by atoms with Gasteiger partial charge < -0.3 is 15.2 Å². The van der Waals surface area contributed by atoms with Crippen molar-refractivity contribution in [1.29, 1.82) is 0 Å². The van der Waals surface area contributed by atoms with Gasteiger partial charge >= 0.3 is 5.97 Å². The average Bonchev–Trinajstić information content (AvgIpc) is 2.66. The van der Waals surface area contributed by atoms with Crippen molar-refractivity contribution >= 4 is 17.6 Å². The highest BCUT2D eigenvalue weighted by molar-refractivity contribution is 6.30. The van der Waals surface area contributed by atoms with Gasteiger partial charge in [-0.3, -0.25) is 4.90 Å². The molecule has 1 aliphatic heterocycles. The molecule has 0 unspecified atom stereocenters. The highest BCUT2D eigenvalue weighted by Gasteiger charge is 2.13. The van der Waals surface area contributed by atoms with Gasteiger partial charge in [0, 0.05) is 30.2 Å². The molecule has 0 bridgehead atoms. The van der Waals surface area contributed by atoms with Crippen molar-refractivity contribution in [3.8, 4) is 5.75 Å². The number of carbonyl (C=O) groups is 1. The van der Waals surface area contributed by atoms with Crippen LogP contribution >= 0.6 is 11.6 Å². The molecule has 1 heterocycles. The zero-order chi connectivity index (χ0) is 14.4. The van der Waals surface area contributed by atoms with E-state index in [0.29, 0.717) is 10.8 Å². The number of nitrogens with one attached hydrogen (secondary N) is 1. The van der Waals surface area contributed by atoms with E-state index in [0.717, 1.165) is 44.7 Å². The molecule has 2 rings (SSSR count). The third-order valence-electron chi connectivity index (χ3n) is 3.20. The quantitative estimate of drug-likeness (QED) is 0.864. The lowest BCUT2D eigenvalue weighted by molar-refractivity contribution is -0.139. The van der Waals surface area contributed by atoms with E-state index < -0.39 is 5.97 Å². The highest BCUT2D eigenvalue weighted by Crippen LogP contribution is 2.24. The molecule has 0 saturated carbocycles. The fraction of sp³-hybridized carbons (Fsp3) is 0.500. The van der Waals surface area contributed by atoms with Gasteiger partial charge in [-0.05, 0) is 37.7 Å². The standard InChI is InChI=1S/C14H19ClN2O3/c15-12-2-3-13(20-10-14(18)19)11(8-12)9-17-6-1-4-16-5-7-17/h2-3,8,16H,1,4-7,9-10H2,(H,18,19). The molecule has 6 heteroatoms.